The van der Waals surface area contributed by atoms with Crippen LogP contribution in [0.4, 0.5) is 8.78 Å². The number of aromatic nitrogens is 1. The number of methoxy groups -OCH3 is 1. The minimum absolute atomic E-state index is 0. The number of aliphatic hydroxyl groups excluding tert-OH is 1. The van der Waals surface area contributed by atoms with Crippen LogP contribution in [0.1, 0.15) is 52.7 Å². The molecule has 0 atom stereocenters. The van der Waals surface area contributed by atoms with Gasteiger partial charge in [0.1, 0.15) is 23.1 Å². The monoisotopic (exact) mass is 675 g/mol. The largest absolute Gasteiger partial charge is 0.512 e. The smallest absolute Gasteiger partial charge is 0.164 e. The van der Waals surface area contributed by atoms with E-state index >= 15 is 0 Å². The van der Waals surface area contributed by atoms with Gasteiger partial charge in [-0.1, -0.05) is 55.4 Å². The quantitative estimate of drug-likeness (QED) is 0.176. The van der Waals surface area contributed by atoms with Crippen LogP contribution in [-0.4, -0.2) is 23.0 Å². The number of aryl methyl sites for hydroxylation is 2. The fraction of sp³-hybridized carbons (Fsp3) is 0.379. The van der Waals surface area contributed by atoms with Crippen LogP contribution in [0.2, 0.25) is 0 Å². The molecular formula is C29H34F2IrNO3-. The van der Waals surface area contributed by atoms with Gasteiger partial charge in [-0.2, -0.15) is 0 Å². The number of carbonyl (C=O) groups excluding carboxylic acids is 1. The Hall–Kier alpha value is -2.63. The standard InChI is InChI=1S/C18H14F2NO.C11H20O2.Ir/c1-10-4-11(2)6-12(5-10)18-17(22-3)9-14-15(20)7-13(19)8-16(14)21-18;1-10(2,3)8(12)7-9(13)11(4,5)6;/h4-5,7-9H,1-3H3;7,12H,1-6H3;/q-1;;/b;8-7-;. The van der Waals surface area contributed by atoms with Crippen molar-refractivity contribution in [3.8, 4) is 17.0 Å². The number of benzene rings is 2. The third-order valence-corrected chi connectivity index (χ3v) is 5.21. The van der Waals surface area contributed by atoms with Crippen LogP contribution < -0.4 is 4.74 Å². The molecule has 1 aromatic heterocycles. The van der Waals surface area contributed by atoms with Crippen LogP contribution in [0, 0.1) is 42.4 Å². The third kappa shape index (κ3) is 8.21. The minimum atomic E-state index is -0.656. The Labute approximate surface area is 226 Å². The second-order valence-corrected chi connectivity index (χ2v) is 10.6. The van der Waals surface area contributed by atoms with Crippen molar-refractivity contribution in [1.82, 2.24) is 4.98 Å². The number of halogens is 2. The molecule has 3 aromatic rings. The van der Waals surface area contributed by atoms with Crippen LogP contribution in [0.3, 0.4) is 0 Å². The zero-order valence-electron chi connectivity index (χ0n) is 22.3. The third-order valence-electron chi connectivity index (χ3n) is 5.21. The number of hydrogen-bond acceptors (Lipinski definition) is 4. The van der Waals surface area contributed by atoms with Crippen LogP contribution in [0.5, 0.6) is 5.75 Å². The number of ether oxygens (including phenoxy) is 1. The van der Waals surface area contributed by atoms with Gasteiger partial charge >= 0.3 is 0 Å². The summed E-state index contributed by atoms with van der Waals surface area (Å²) in [5.41, 5.74) is 2.76. The van der Waals surface area contributed by atoms with Gasteiger partial charge in [-0.25, -0.2) is 8.78 Å². The average molecular weight is 675 g/mol. The minimum Gasteiger partial charge on any atom is -0.512 e. The molecule has 7 heteroatoms. The summed E-state index contributed by atoms with van der Waals surface area (Å²) in [5.74, 6) is -0.777. The Balaban J connectivity index is 0.000000402. The fourth-order valence-electron chi connectivity index (χ4n) is 3.11. The molecule has 0 fully saturated rings. The fourth-order valence-corrected chi connectivity index (χ4v) is 3.11. The molecule has 0 bridgehead atoms. The summed E-state index contributed by atoms with van der Waals surface area (Å²) >= 11 is 0. The van der Waals surface area contributed by atoms with Gasteiger partial charge in [-0.05, 0) is 12.1 Å². The van der Waals surface area contributed by atoms with Crippen LogP contribution >= 0.6 is 0 Å². The van der Waals surface area contributed by atoms with E-state index in [9.17, 15) is 18.7 Å². The molecule has 0 saturated heterocycles. The molecule has 3 rings (SSSR count). The maximum Gasteiger partial charge on any atom is 0.164 e. The Morgan fingerprint density at radius 1 is 1.00 bits per heavy atom. The number of ketones is 1. The van der Waals surface area contributed by atoms with Crippen LogP contribution in [0.15, 0.2) is 42.2 Å². The molecule has 0 unspecified atom stereocenters. The summed E-state index contributed by atoms with van der Waals surface area (Å²) < 4.78 is 32.6. The summed E-state index contributed by atoms with van der Waals surface area (Å²) in [6.45, 7) is 15.0. The van der Waals surface area contributed by atoms with Gasteiger partial charge in [-0.15, -0.1) is 34.9 Å². The molecule has 0 spiro atoms. The normalized spacial score (nSPS) is 11.9. The molecule has 197 valence electrons. The Kier molecular flexibility index (Phi) is 10.5. The molecule has 0 aliphatic rings. The van der Waals surface area contributed by atoms with E-state index in [0.29, 0.717) is 11.4 Å². The predicted molar refractivity (Wildman–Crippen MR) is 137 cm³/mol. The van der Waals surface area contributed by atoms with E-state index in [-0.39, 0.29) is 48.0 Å². The molecule has 1 heterocycles. The van der Waals surface area contributed by atoms with E-state index < -0.39 is 17.0 Å². The molecule has 1 radical (unpaired) electrons. The molecule has 2 aromatic carbocycles. The first-order valence-electron chi connectivity index (χ1n) is 11.3. The van der Waals surface area contributed by atoms with Gasteiger partial charge in [0.05, 0.1) is 12.6 Å². The van der Waals surface area contributed by atoms with Crippen molar-refractivity contribution in [3.63, 3.8) is 0 Å². The van der Waals surface area contributed by atoms with Crippen molar-refractivity contribution in [1.29, 1.82) is 0 Å². The predicted octanol–water partition coefficient (Wildman–Crippen LogP) is 7.69. The zero-order valence-corrected chi connectivity index (χ0v) is 24.7. The Morgan fingerprint density at radius 3 is 2.11 bits per heavy atom. The van der Waals surface area contributed by atoms with Crippen molar-refractivity contribution in [2.24, 2.45) is 10.8 Å². The SMILES string of the molecule is CC(C)(C)C(=O)/C=C(\O)C(C)(C)C.COc1cc2c(F)cc(F)cc2nc1-c1[c-]c(C)cc(C)c1.[Ir]. The molecule has 1 N–H and O–H groups in total. The van der Waals surface area contributed by atoms with Gasteiger partial charge in [0.25, 0.3) is 0 Å². The van der Waals surface area contributed by atoms with E-state index in [1.165, 1.54) is 25.3 Å². The van der Waals surface area contributed by atoms with Crippen molar-refractivity contribution >= 4 is 16.7 Å². The first-order chi connectivity index (χ1) is 16.0. The molecular weight excluding hydrogens is 641 g/mol. The number of pyridine rings is 1. The van der Waals surface area contributed by atoms with E-state index in [2.05, 4.69) is 11.1 Å². The van der Waals surface area contributed by atoms with E-state index in [1.54, 1.807) is 0 Å². The number of nitrogens with zero attached hydrogens (tertiary/aromatic N) is 1. The summed E-state index contributed by atoms with van der Waals surface area (Å²) in [6.07, 6.45) is 1.33. The maximum atomic E-state index is 13.9. The molecule has 4 nitrogen and oxygen atoms in total. The van der Waals surface area contributed by atoms with Gasteiger partial charge in [0.2, 0.25) is 0 Å². The molecule has 0 saturated carbocycles. The first kappa shape index (κ1) is 31.4. The van der Waals surface area contributed by atoms with Gasteiger partial charge < -0.3 is 9.84 Å². The summed E-state index contributed by atoms with van der Waals surface area (Å²) in [7, 11) is 1.50. The van der Waals surface area contributed by atoms with E-state index in [0.717, 1.165) is 22.8 Å². The number of rotatable bonds is 3. The van der Waals surface area contributed by atoms with Crippen LogP contribution in [0.25, 0.3) is 22.2 Å². The number of aliphatic hydroxyl groups is 1. The number of carbonyl (C=O) groups is 1. The molecule has 0 aliphatic heterocycles. The average Bonchev–Trinajstić information content (AvgIpc) is 2.71. The van der Waals surface area contributed by atoms with Gasteiger partial charge in [0, 0.05) is 54.2 Å². The van der Waals surface area contributed by atoms with E-state index in [1.807, 2.05) is 67.5 Å². The van der Waals surface area contributed by atoms with Gasteiger partial charge in [-0.3, -0.25) is 9.78 Å². The summed E-state index contributed by atoms with van der Waals surface area (Å²) in [6, 6.07) is 10.7. The zero-order chi connectivity index (χ0) is 26.7. The van der Waals surface area contributed by atoms with Crippen LogP contribution in [-0.2, 0) is 24.9 Å². The number of hydrogen-bond donors (Lipinski definition) is 1. The maximum absolute atomic E-state index is 13.9. The van der Waals surface area contributed by atoms with Gasteiger partial charge in [0.15, 0.2) is 5.78 Å². The molecule has 36 heavy (non-hydrogen) atoms. The summed E-state index contributed by atoms with van der Waals surface area (Å²) in [4.78, 5) is 15.9. The second kappa shape index (κ2) is 12.1. The molecule has 0 aliphatic carbocycles. The second-order valence-electron chi connectivity index (χ2n) is 10.6. The first-order valence-corrected chi connectivity index (χ1v) is 11.3. The number of allylic oxidation sites excluding steroid dienone is 2. The Morgan fingerprint density at radius 2 is 1.61 bits per heavy atom. The number of fused-ring (bicyclic) bond motifs is 1. The summed E-state index contributed by atoms with van der Waals surface area (Å²) in [5, 5.41) is 9.79. The Bertz CT molecular complexity index is 1250. The van der Waals surface area contributed by atoms with Crippen molar-refractivity contribution in [2.45, 2.75) is 55.4 Å². The van der Waals surface area contributed by atoms with E-state index in [4.69, 9.17) is 4.74 Å². The molecule has 0 amide bonds. The van der Waals surface area contributed by atoms with Crippen molar-refractivity contribution in [3.05, 3.63) is 71.0 Å². The van der Waals surface area contributed by atoms with Crippen molar-refractivity contribution in [2.75, 3.05) is 7.11 Å². The topological polar surface area (TPSA) is 59.4 Å². The van der Waals surface area contributed by atoms with Crippen molar-refractivity contribution < 1.29 is 43.5 Å².